The number of esters is 1. The average molecular weight is 389 g/mol. The number of nitro benzene ring substituents is 1. The van der Waals surface area contributed by atoms with E-state index in [-0.39, 0.29) is 29.8 Å². The monoisotopic (exact) mass is 389 g/mol. The van der Waals surface area contributed by atoms with Crippen LogP contribution in [0.15, 0.2) is 18.2 Å². The molecule has 0 radical (unpaired) electrons. The molecular weight excluding hydrogens is 362 g/mol. The maximum Gasteiger partial charge on any atom is 0.341 e. The Hall–Kier alpha value is -2.64. The number of rotatable bonds is 5. The molecule has 3 rings (SSSR count). The zero-order chi connectivity index (χ0) is 20.3. The highest BCUT2D eigenvalue weighted by atomic mass is 16.6. The third-order valence-electron chi connectivity index (χ3n) is 5.78. The molecule has 1 amide bonds. The molecule has 0 bridgehead atoms. The highest BCUT2D eigenvalue weighted by Gasteiger charge is 2.36. The number of nitro groups is 1. The van der Waals surface area contributed by atoms with Gasteiger partial charge in [0.1, 0.15) is 0 Å². The summed E-state index contributed by atoms with van der Waals surface area (Å²) in [6, 6.07) is 4.30. The first kappa shape index (κ1) is 20.1. The average Bonchev–Trinajstić information content (AvgIpc) is 2.70. The Bertz CT molecular complexity index is 762. The van der Waals surface area contributed by atoms with Gasteiger partial charge in [-0.15, -0.1) is 0 Å². The first-order valence-electron chi connectivity index (χ1n) is 9.81. The SMILES string of the molecule is CN(C)c1ccc([N+](=O)[O-])cc1C(=O)OCC(=O)N1CCC[C@H]2CCCC[C@@H]21. The van der Waals surface area contributed by atoms with Crippen molar-refractivity contribution in [2.45, 2.75) is 44.6 Å². The summed E-state index contributed by atoms with van der Waals surface area (Å²) >= 11 is 0. The Balaban J connectivity index is 1.68. The van der Waals surface area contributed by atoms with Crippen LogP contribution in [0, 0.1) is 16.0 Å². The standard InChI is InChI=1S/C20H27N3O5/c1-21(2)18-10-9-15(23(26)27)12-16(18)20(25)28-13-19(24)22-11-5-7-14-6-3-4-8-17(14)22/h9-10,12,14,17H,3-8,11,13H2,1-2H3/t14-,17+/m1/s1. The van der Waals surface area contributed by atoms with Crippen molar-refractivity contribution in [3.63, 3.8) is 0 Å². The van der Waals surface area contributed by atoms with Crippen LogP contribution in [0.3, 0.4) is 0 Å². The van der Waals surface area contributed by atoms with E-state index in [2.05, 4.69) is 0 Å². The number of ether oxygens (including phenoxy) is 1. The highest BCUT2D eigenvalue weighted by molar-refractivity contribution is 5.97. The van der Waals surface area contributed by atoms with Gasteiger partial charge in [0, 0.05) is 38.8 Å². The van der Waals surface area contributed by atoms with Gasteiger partial charge in [-0.2, -0.15) is 0 Å². The summed E-state index contributed by atoms with van der Waals surface area (Å²) in [5.74, 6) is -0.348. The molecule has 1 saturated carbocycles. The summed E-state index contributed by atoms with van der Waals surface area (Å²) in [6.45, 7) is 0.370. The number of amides is 1. The number of hydrogen-bond donors (Lipinski definition) is 0. The van der Waals surface area contributed by atoms with Crippen molar-refractivity contribution in [1.82, 2.24) is 4.90 Å². The summed E-state index contributed by atoms with van der Waals surface area (Å²) in [5.41, 5.74) is 0.402. The first-order valence-corrected chi connectivity index (χ1v) is 9.81. The zero-order valence-electron chi connectivity index (χ0n) is 16.4. The number of piperidine rings is 1. The van der Waals surface area contributed by atoms with Gasteiger partial charge in [-0.3, -0.25) is 14.9 Å². The van der Waals surface area contributed by atoms with Gasteiger partial charge in [0.25, 0.3) is 11.6 Å². The Kier molecular flexibility index (Phi) is 6.16. The third-order valence-corrected chi connectivity index (χ3v) is 5.78. The Morgan fingerprint density at radius 1 is 1.21 bits per heavy atom. The number of nitrogens with zero attached hydrogens (tertiary/aromatic N) is 3. The number of non-ortho nitro benzene ring substituents is 1. The van der Waals surface area contributed by atoms with Crippen molar-refractivity contribution >= 4 is 23.3 Å². The van der Waals surface area contributed by atoms with E-state index in [0.29, 0.717) is 18.2 Å². The molecule has 8 heteroatoms. The van der Waals surface area contributed by atoms with Crippen LogP contribution in [0.2, 0.25) is 0 Å². The molecule has 0 aromatic heterocycles. The van der Waals surface area contributed by atoms with E-state index in [4.69, 9.17) is 4.74 Å². The molecular formula is C20H27N3O5. The van der Waals surface area contributed by atoms with Crippen molar-refractivity contribution in [2.75, 3.05) is 32.1 Å². The van der Waals surface area contributed by atoms with E-state index in [1.165, 1.54) is 24.6 Å². The van der Waals surface area contributed by atoms with E-state index < -0.39 is 10.9 Å². The van der Waals surface area contributed by atoms with Gasteiger partial charge < -0.3 is 14.5 Å². The maximum atomic E-state index is 12.7. The van der Waals surface area contributed by atoms with E-state index in [1.807, 2.05) is 4.90 Å². The van der Waals surface area contributed by atoms with E-state index in [1.54, 1.807) is 19.0 Å². The van der Waals surface area contributed by atoms with Crippen LogP contribution >= 0.6 is 0 Å². The van der Waals surface area contributed by atoms with Gasteiger partial charge in [-0.25, -0.2) is 4.79 Å². The van der Waals surface area contributed by atoms with Crippen LogP contribution in [0.4, 0.5) is 11.4 Å². The second kappa shape index (κ2) is 8.58. The second-order valence-electron chi connectivity index (χ2n) is 7.77. The van der Waals surface area contributed by atoms with Crippen LogP contribution in [0.5, 0.6) is 0 Å². The molecule has 8 nitrogen and oxygen atoms in total. The number of likely N-dealkylation sites (tertiary alicyclic amines) is 1. The molecule has 28 heavy (non-hydrogen) atoms. The molecule has 1 aliphatic carbocycles. The summed E-state index contributed by atoms with van der Waals surface area (Å²) in [6.07, 6.45) is 6.67. The molecule has 2 aliphatic rings. The van der Waals surface area contributed by atoms with Gasteiger partial charge in [0.05, 0.1) is 16.2 Å². The molecule has 0 unspecified atom stereocenters. The molecule has 0 N–H and O–H groups in total. The molecule has 2 atom stereocenters. The van der Waals surface area contributed by atoms with Crippen molar-refractivity contribution < 1.29 is 19.2 Å². The third kappa shape index (κ3) is 4.26. The van der Waals surface area contributed by atoms with Crippen LogP contribution in [-0.2, 0) is 9.53 Å². The van der Waals surface area contributed by atoms with E-state index in [9.17, 15) is 19.7 Å². The van der Waals surface area contributed by atoms with Crippen molar-refractivity contribution in [2.24, 2.45) is 5.92 Å². The van der Waals surface area contributed by atoms with Gasteiger partial charge in [0.15, 0.2) is 6.61 Å². The van der Waals surface area contributed by atoms with Crippen molar-refractivity contribution in [3.8, 4) is 0 Å². The first-order chi connectivity index (χ1) is 13.4. The molecule has 1 aliphatic heterocycles. The largest absolute Gasteiger partial charge is 0.452 e. The minimum atomic E-state index is -0.724. The van der Waals surface area contributed by atoms with Crippen molar-refractivity contribution in [3.05, 3.63) is 33.9 Å². The van der Waals surface area contributed by atoms with Gasteiger partial charge in [0.2, 0.25) is 0 Å². The Morgan fingerprint density at radius 2 is 1.93 bits per heavy atom. The number of benzene rings is 1. The lowest BCUT2D eigenvalue weighted by molar-refractivity contribution is -0.384. The lowest BCUT2D eigenvalue weighted by Crippen LogP contribution is -2.50. The highest BCUT2D eigenvalue weighted by Crippen LogP contribution is 2.35. The maximum absolute atomic E-state index is 12.7. The molecule has 1 aromatic rings. The fraction of sp³-hybridized carbons (Fsp3) is 0.600. The predicted octanol–water partition coefficient (Wildman–Crippen LogP) is 3.00. The second-order valence-corrected chi connectivity index (χ2v) is 7.77. The number of carbonyl (C=O) groups excluding carboxylic acids is 2. The molecule has 152 valence electrons. The lowest BCUT2D eigenvalue weighted by Gasteiger charge is -2.44. The normalized spacial score (nSPS) is 21.6. The summed E-state index contributed by atoms with van der Waals surface area (Å²) < 4.78 is 5.27. The number of fused-ring (bicyclic) bond motifs is 1. The zero-order valence-corrected chi connectivity index (χ0v) is 16.4. The Morgan fingerprint density at radius 3 is 2.64 bits per heavy atom. The summed E-state index contributed by atoms with van der Waals surface area (Å²) in [5, 5.41) is 11.0. The van der Waals surface area contributed by atoms with Gasteiger partial charge in [-0.1, -0.05) is 12.8 Å². The van der Waals surface area contributed by atoms with Gasteiger partial charge in [-0.05, 0) is 37.7 Å². The fourth-order valence-electron chi connectivity index (χ4n) is 4.41. The van der Waals surface area contributed by atoms with Crippen LogP contribution in [0.25, 0.3) is 0 Å². The van der Waals surface area contributed by atoms with Crippen molar-refractivity contribution in [1.29, 1.82) is 0 Å². The van der Waals surface area contributed by atoms with E-state index in [0.717, 1.165) is 32.1 Å². The van der Waals surface area contributed by atoms with Crippen LogP contribution < -0.4 is 4.90 Å². The Labute approximate surface area is 164 Å². The smallest absolute Gasteiger partial charge is 0.341 e. The molecule has 0 spiro atoms. The minimum absolute atomic E-state index is 0.0844. The predicted molar refractivity (Wildman–Crippen MR) is 104 cm³/mol. The fourth-order valence-corrected chi connectivity index (χ4v) is 4.41. The molecule has 1 saturated heterocycles. The lowest BCUT2D eigenvalue weighted by atomic mass is 9.78. The molecule has 1 aromatic carbocycles. The van der Waals surface area contributed by atoms with Crippen LogP contribution in [-0.4, -0.2) is 55.0 Å². The minimum Gasteiger partial charge on any atom is -0.452 e. The van der Waals surface area contributed by atoms with Crippen LogP contribution in [0.1, 0.15) is 48.9 Å². The van der Waals surface area contributed by atoms with Gasteiger partial charge >= 0.3 is 5.97 Å². The number of anilines is 1. The topological polar surface area (TPSA) is 93.0 Å². The summed E-state index contributed by atoms with van der Waals surface area (Å²) in [4.78, 5) is 39.3. The number of carbonyl (C=O) groups is 2. The summed E-state index contributed by atoms with van der Waals surface area (Å²) in [7, 11) is 3.47. The van der Waals surface area contributed by atoms with E-state index >= 15 is 0 Å². The molecule has 1 heterocycles. The number of hydrogen-bond acceptors (Lipinski definition) is 6. The quantitative estimate of drug-likeness (QED) is 0.437. The molecule has 2 fully saturated rings.